The van der Waals surface area contributed by atoms with Crippen LogP contribution in [0.4, 0.5) is 27.6 Å². The number of anilines is 1. The highest BCUT2D eigenvalue weighted by molar-refractivity contribution is 5.95. The van der Waals surface area contributed by atoms with Crippen molar-refractivity contribution in [3.8, 4) is 5.75 Å². The Morgan fingerprint density at radius 1 is 1.31 bits per heavy atom. The molecule has 7 nitrogen and oxygen atoms in total. The van der Waals surface area contributed by atoms with E-state index in [1.54, 1.807) is 7.05 Å². The second-order valence-electron chi connectivity index (χ2n) is 8.42. The predicted molar refractivity (Wildman–Crippen MR) is 116 cm³/mol. The van der Waals surface area contributed by atoms with Crippen molar-refractivity contribution < 1.29 is 41.3 Å². The fraction of sp³-hybridized carbons (Fsp3) is 0.478. The molecule has 1 aromatic carbocycles. The largest absolute Gasteiger partial charge is 0.493 e. The highest BCUT2D eigenvalue weighted by Gasteiger charge is 2.65. The lowest BCUT2D eigenvalue weighted by atomic mass is 9.77. The van der Waals surface area contributed by atoms with Crippen molar-refractivity contribution in [2.24, 2.45) is 5.92 Å². The zero-order chi connectivity index (χ0) is 26.1. The third-order valence-electron chi connectivity index (χ3n) is 6.51. The molecular weight excluding hydrogens is 477 g/mol. The van der Waals surface area contributed by atoms with Crippen LogP contribution in [-0.4, -0.2) is 54.6 Å². The number of aromatic nitrogens is 1. The molecule has 35 heavy (non-hydrogen) atoms. The van der Waals surface area contributed by atoms with Gasteiger partial charge in [-0.1, -0.05) is 13.0 Å². The third-order valence-corrected chi connectivity index (χ3v) is 6.51. The first-order valence-corrected chi connectivity index (χ1v) is 10.7. The molecule has 0 radical (unpaired) electrons. The summed E-state index contributed by atoms with van der Waals surface area (Å²) in [7, 11) is 2.65. The van der Waals surface area contributed by atoms with Crippen molar-refractivity contribution in [2.75, 3.05) is 26.1 Å². The summed E-state index contributed by atoms with van der Waals surface area (Å²) in [6.45, 7) is 1.76. The molecule has 3 N–H and O–H groups in total. The minimum atomic E-state index is -4.86. The molecule has 3 rings (SSSR count). The van der Waals surface area contributed by atoms with Gasteiger partial charge in [0.2, 0.25) is 5.82 Å². The highest BCUT2D eigenvalue weighted by atomic mass is 19.4. The number of nitrogens with zero attached hydrogens (tertiary/aromatic N) is 1. The number of carbonyl (C=O) groups excluding carboxylic acids is 1. The van der Waals surface area contributed by atoms with Crippen LogP contribution in [0.5, 0.6) is 5.75 Å². The summed E-state index contributed by atoms with van der Waals surface area (Å²) in [6, 6.07) is 4.18. The zero-order valence-electron chi connectivity index (χ0n) is 19.4. The molecule has 1 aliphatic heterocycles. The number of methoxy groups -OCH3 is 1. The summed E-state index contributed by atoms with van der Waals surface area (Å²) < 4.78 is 80.6. The number of ether oxygens (including phenoxy) is 2. The van der Waals surface area contributed by atoms with E-state index in [1.165, 1.54) is 25.3 Å². The maximum atomic E-state index is 14.4. The van der Waals surface area contributed by atoms with Crippen LogP contribution in [0.1, 0.15) is 37.1 Å². The van der Waals surface area contributed by atoms with Gasteiger partial charge >= 0.3 is 6.18 Å². The first-order chi connectivity index (χ1) is 16.4. The minimum Gasteiger partial charge on any atom is -0.493 e. The smallest absolute Gasteiger partial charge is 0.417 e. The number of nitrogens with one attached hydrogen (secondary N) is 2. The number of carbonyl (C=O) groups is 1. The van der Waals surface area contributed by atoms with Crippen LogP contribution >= 0.6 is 0 Å². The number of alkyl halides is 3. The number of likely N-dealkylation sites (N-methyl/N-ethyl adjacent to an activating group) is 1. The Morgan fingerprint density at radius 3 is 2.57 bits per heavy atom. The lowest BCUT2D eigenvalue weighted by Crippen LogP contribution is -2.47. The summed E-state index contributed by atoms with van der Waals surface area (Å²) >= 11 is 0. The van der Waals surface area contributed by atoms with E-state index in [4.69, 9.17) is 9.47 Å². The molecule has 1 amide bonds. The van der Waals surface area contributed by atoms with E-state index in [2.05, 4.69) is 15.6 Å². The van der Waals surface area contributed by atoms with Crippen LogP contribution < -0.4 is 15.4 Å². The molecule has 0 spiro atoms. The van der Waals surface area contributed by atoms with Gasteiger partial charge in [-0.3, -0.25) is 9.78 Å². The first-order valence-electron chi connectivity index (χ1n) is 10.7. The van der Waals surface area contributed by atoms with Crippen LogP contribution in [0.15, 0.2) is 30.5 Å². The van der Waals surface area contributed by atoms with Gasteiger partial charge in [0.1, 0.15) is 6.10 Å². The Bertz CT molecular complexity index is 1080. The van der Waals surface area contributed by atoms with E-state index >= 15 is 0 Å². The fourth-order valence-corrected chi connectivity index (χ4v) is 4.30. The molecule has 1 aliphatic rings. The van der Waals surface area contributed by atoms with Gasteiger partial charge in [0.05, 0.1) is 25.5 Å². The van der Waals surface area contributed by atoms with Crippen molar-refractivity contribution >= 4 is 11.6 Å². The summed E-state index contributed by atoms with van der Waals surface area (Å²) in [6.07, 6.45) is -5.22. The standard InChI is InChI=1S/C23H26F5N3O4/c1-11-17(13-5-6-14(24)18(25)19(13)34-4)20(35-22(11,2)23(26,27)28)21(33)31-12-7-8-30-15(9-12)16(10-32)29-3/h5-9,11,16-17,20,29,32H,10H2,1-4H3,(H,30,31,33)/t11-,16-,17-,20+,22+/m0/s1. The Morgan fingerprint density at radius 2 is 2.00 bits per heavy atom. The number of aliphatic hydroxyl groups excluding tert-OH is 1. The normalized spacial score (nSPS) is 25.4. The van der Waals surface area contributed by atoms with Crippen LogP contribution in [0.25, 0.3) is 0 Å². The number of benzene rings is 1. The van der Waals surface area contributed by atoms with E-state index in [0.717, 1.165) is 26.2 Å². The van der Waals surface area contributed by atoms with E-state index in [9.17, 15) is 31.9 Å². The SMILES string of the molecule is CN[C@@H](CO)c1cc(NC(=O)[C@@H]2O[C@@](C)(C(F)(F)F)[C@@H](C)[C@H]2c2ccc(F)c(F)c2OC)ccn1. The quantitative estimate of drug-likeness (QED) is 0.499. The molecule has 0 saturated carbocycles. The van der Waals surface area contributed by atoms with E-state index in [0.29, 0.717) is 5.69 Å². The molecule has 0 unspecified atom stereocenters. The molecule has 12 heteroatoms. The Labute approximate surface area is 198 Å². The van der Waals surface area contributed by atoms with Gasteiger partial charge in [-0.2, -0.15) is 17.6 Å². The van der Waals surface area contributed by atoms with Gasteiger partial charge in [0.15, 0.2) is 17.2 Å². The number of pyridine rings is 1. The van der Waals surface area contributed by atoms with Gasteiger partial charge < -0.3 is 25.2 Å². The molecule has 192 valence electrons. The maximum Gasteiger partial charge on any atom is 0.417 e. The molecule has 5 atom stereocenters. The van der Waals surface area contributed by atoms with Crippen molar-refractivity contribution in [2.45, 2.75) is 43.7 Å². The van der Waals surface area contributed by atoms with Crippen LogP contribution in [0, 0.1) is 17.6 Å². The average molecular weight is 503 g/mol. The Balaban J connectivity index is 2.04. The number of amides is 1. The van der Waals surface area contributed by atoms with Crippen molar-refractivity contribution in [3.63, 3.8) is 0 Å². The monoisotopic (exact) mass is 503 g/mol. The van der Waals surface area contributed by atoms with Crippen LogP contribution in [-0.2, 0) is 9.53 Å². The topological polar surface area (TPSA) is 92.7 Å². The average Bonchev–Trinajstić information content (AvgIpc) is 3.08. The van der Waals surface area contributed by atoms with Crippen LogP contribution in [0.3, 0.4) is 0 Å². The first kappa shape index (κ1) is 26.8. The molecule has 2 heterocycles. The molecule has 1 aromatic heterocycles. The van der Waals surface area contributed by atoms with E-state index in [-0.39, 0.29) is 17.9 Å². The molecule has 2 aromatic rings. The molecule has 1 saturated heterocycles. The highest BCUT2D eigenvalue weighted by Crippen LogP contribution is 2.55. The number of aliphatic hydroxyl groups is 1. The maximum absolute atomic E-state index is 14.4. The van der Waals surface area contributed by atoms with Gasteiger partial charge in [-0.25, -0.2) is 4.39 Å². The third kappa shape index (κ3) is 4.82. The summed E-state index contributed by atoms with van der Waals surface area (Å²) in [4.78, 5) is 17.3. The van der Waals surface area contributed by atoms with Crippen molar-refractivity contribution in [3.05, 3.63) is 53.4 Å². The van der Waals surface area contributed by atoms with Gasteiger partial charge in [0.25, 0.3) is 5.91 Å². The van der Waals surface area contributed by atoms with Gasteiger partial charge in [0, 0.05) is 29.3 Å². The number of halogens is 5. The zero-order valence-corrected chi connectivity index (χ0v) is 19.4. The Kier molecular flexibility index (Phi) is 7.68. The Hall–Kier alpha value is -2.83. The molecule has 0 aliphatic carbocycles. The summed E-state index contributed by atoms with van der Waals surface area (Å²) in [5.41, 5.74) is -2.31. The lowest BCUT2D eigenvalue weighted by molar-refractivity contribution is -0.272. The van der Waals surface area contributed by atoms with Gasteiger partial charge in [-0.05, 0) is 32.2 Å². The fourth-order valence-electron chi connectivity index (χ4n) is 4.30. The van der Waals surface area contributed by atoms with E-state index < -0.39 is 59.1 Å². The second-order valence-corrected chi connectivity index (χ2v) is 8.42. The lowest BCUT2D eigenvalue weighted by Gasteiger charge is -2.32. The van der Waals surface area contributed by atoms with Crippen molar-refractivity contribution in [1.29, 1.82) is 0 Å². The number of rotatable bonds is 7. The minimum absolute atomic E-state index is 0.127. The van der Waals surface area contributed by atoms with E-state index in [1.807, 2.05) is 0 Å². The number of hydrogen-bond acceptors (Lipinski definition) is 6. The predicted octanol–water partition coefficient (Wildman–Crippen LogP) is 3.70. The van der Waals surface area contributed by atoms with Crippen LogP contribution in [0.2, 0.25) is 0 Å². The number of hydrogen-bond donors (Lipinski definition) is 3. The summed E-state index contributed by atoms with van der Waals surface area (Å²) in [5, 5.41) is 14.8. The van der Waals surface area contributed by atoms with Gasteiger partial charge in [-0.15, -0.1) is 0 Å². The second kappa shape index (κ2) is 10.0. The molecule has 1 fully saturated rings. The summed E-state index contributed by atoms with van der Waals surface area (Å²) in [5.74, 6) is -6.84. The molecule has 0 bridgehead atoms. The molecular formula is C23H26F5N3O4. The van der Waals surface area contributed by atoms with Crippen molar-refractivity contribution in [1.82, 2.24) is 10.3 Å².